The molecular formula is C37H34F9N5O4S. The van der Waals surface area contributed by atoms with Crippen LogP contribution in [0.3, 0.4) is 0 Å². The van der Waals surface area contributed by atoms with Crippen LogP contribution >= 0.6 is 0 Å². The molecule has 0 N–H and O–H groups in total. The van der Waals surface area contributed by atoms with Gasteiger partial charge in [-0.2, -0.15) is 31.4 Å². The average molecular weight is 816 g/mol. The Kier molecular flexibility index (Phi) is 11.3. The zero-order chi connectivity index (χ0) is 40.7. The van der Waals surface area contributed by atoms with E-state index in [4.69, 9.17) is 0 Å². The van der Waals surface area contributed by atoms with Gasteiger partial charge in [0, 0.05) is 92.5 Å². The van der Waals surface area contributed by atoms with Crippen LogP contribution in [-0.4, -0.2) is 97.5 Å². The van der Waals surface area contributed by atoms with Crippen molar-refractivity contribution in [3.63, 3.8) is 0 Å². The van der Waals surface area contributed by atoms with Gasteiger partial charge in [-0.05, 0) is 35.9 Å². The molecule has 2 aliphatic rings. The number of carbonyl (C=O) groups is 2. The first-order valence-electron chi connectivity index (χ1n) is 17.1. The number of halogens is 9. The summed E-state index contributed by atoms with van der Waals surface area (Å²) >= 11 is 0. The predicted octanol–water partition coefficient (Wildman–Crippen LogP) is 6.90. The number of alkyl halides is 6. The summed E-state index contributed by atoms with van der Waals surface area (Å²) in [4.78, 5) is 30.2. The van der Waals surface area contributed by atoms with E-state index in [1.165, 1.54) is 45.9 Å². The largest absolute Gasteiger partial charge is 0.430 e. The van der Waals surface area contributed by atoms with Crippen LogP contribution in [0.4, 0.5) is 44.3 Å². The highest BCUT2D eigenvalue weighted by atomic mass is 32.2. The van der Waals surface area contributed by atoms with Gasteiger partial charge >= 0.3 is 18.4 Å². The van der Waals surface area contributed by atoms with E-state index in [9.17, 15) is 53.3 Å². The van der Waals surface area contributed by atoms with Crippen LogP contribution < -0.4 is 0 Å². The summed E-state index contributed by atoms with van der Waals surface area (Å²) in [5, 5.41) is 3.05. The number of aryl methyl sites for hydroxylation is 1. The van der Waals surface area contributed by atoms with Crippen molar-refractivity contribution in [1.82, 2.24) is 24.5 Å². The lowest BCUT2D eigenvalue weighted by atomic mass is 9.88. The molecule has 9 nitrogen and oxygen atoms in total. The number of aromatic nitrogens is 2. The third-order valence-corrected chi connectivity index (χ3v) is 11.8. The summed E-state index contributed by atoms with van der Waals surface area (Å²) in [6, 6.07) is 8.45. The number of carbonyl (C=O) groups excluding carboxylic acids is 2. The Hall–Kier alpha value is -4.91. The summed E-state index contributed by atoms with van der Waals surface area (Å²) in [5.74, 6) is -4.55. The van der Waals surface area contributed by atoms with Gasteiger partial charge in [-0.1, -0.05) is 30.3 Å². The van der Waals surface area contributed by atoms with Crippen molar-refractivity contribution in [2.24, 2.45) is 7.05 Å². The number of hydrogen-bond donors (Lipinski definition) is 0. The maximum atomic E-state index is 15.0. The Morgan fingerprint density at radius 1 is 0.821 bits per heavy atom. The molecule has 3 heterocycles. The fraction of sp³-hybridized carbons (Fsp3) is 0.378. The topological polar surface area (TPSA) is 88.0 Å². The molecule has 2 unspecified atom stereocenters. The second-order valence-electron chi connectivity index (χ2n) is 13.5. The fourth-order valence-corrected chi connectivity index (χ4v) is 8.66. The van der Waals surface area contributed by atoms with Crippen LogP contribution in [0.15, 0.2) is 78.0 Å². The lowest BCUT2D eigenvalue weighted by molar-refractivity contribution is -0.392. The van der Waals surface area contributed by atoms with E-state index < -0.39 is 81.1 Å². The van der Waals surface area contributed by atoms with Gasteiger partial charge in [0.25, 0.3) is 5.60 Å². The maximum absolute atomic E-state index is 15.0. The van der Waals surface area contributed by atoms with Crippen LogP contribution in [0.1, 0.15) is 29.5 Å². The van der Waals surface area contributed by atoms with Gasteiger partial charge in [0.05, 0.1) is 28.9 Å². The van der Waals surface area contributed by atoms with Crippen LogP contribution in [0, 0.1) is 17.5 Å². The molecule has 2 saturated heterocycles. The summed E-state index contributed by atoms with van der Waals surface area (Å²) in [6.07, 6.45) is -9.41. The predicted molar refractivity (Wildman–Crippen MR) is 184 cm³/mol. The van der Waals surface area contributed by atoms with Crippen molar-refractivity contribution < 1.29 is 58.0 Å². The van der Waals surface area contributed by atoms with Crippen molar-refractivity contribution in [3.05, 3.63) is 107 Å². The number of urea groups is 1. The van der Waals surface area contributed by atoms with E-state index in [0.717, 1.165) is 24.3 Å². The number of rotatable bonds is 8. The molecule has 4 aromatic rings. The highest BCUT2D eigenvalue weighted by Gasteiger charge is 2.73. The van der Waals surface area contributed by atoms with E-state index in [0.29, 0.717) is 29.8 Å². The second-order valence-corrected chi connectivity index (χ2v) is 15.1. The van der Waals surface area contributed by atoms with Gasteiger partial charge in [0.15, 0.2) is 0 Å². The smallest absolute Gasteiger partial charge is 0.349 e. The summed E-state index contributed by atoms with van der Waals surface area (Å²) < 4.78 is 151. The molecule has 1 aromatic heterocycles. The number of ether oxygens (including phenoxy) is 1. The van der Waals surface area contributed by atoms with Gasteiger partial charge < -0.3 is 19.4 Å². The zero-order valence-electron chi connectivity index (χ0n) is 29.7. The number of piperazine rings is 1. The second kappa shape index (κ2) is 15.6. The van der Waals surface area contributed by atoms with Crippen molar-refractivity contribution in [1.29, 1.82) is 0 Å². The van der Waals surface area contributed by atoms with E-state index >= 15 is 0 Å². The number of benzene rings is 3. The normalized spacial score (nSPS) is 18.7. The minimum atomic E-state index is -6.17. The monoisotopic (exact) mass is 815 g/mol. The van der Waals surface area contributed by atoms with Gasteiger partial charge in [0.2, 0.25) is 5.91 Å². The first-order chi connectivity index (χ1) is 26.3. The van der Waals surface area contributed by atoms with E-state index in [-0.39, 0.29) is 61.2 Å². The average Bonchev–Trinajstić information content (AvgIpc) is 3.78. The van der Waals surface area contributed by atoms with E-state index in [1.807, 2.05) is 0 Å². The standard InChI is InChI=1S/C37H34F9N5O4S/c1-22(52)49-12-14-50(15-13-49)34(53)51-19-28(33(20-51)56(54)26-10-11-32(40)27(16-26)24-17-47-48(2)18-24)23-6-8-25(9-7-23)35(36(41,42)43,37(44,45)46)55-21-29-30(38)4-3-5-31(29)39/h3-11,16-18,28,33H,12-15,19-21H2,1-2H3/t28?,33-,56?/m1/s1. The third kappa shape index (κ3) is 7.74. The molecule has 6 rings (SSSR count). The summed E-state index contributed by atoms with van der Waals surface area (Å²) in [6.45, 7) is 0.248. The molecule has 2 fully saturated rings. The molecule has 56 heavy (non-hydrogen) atoms. The number of likely N-dealkylation sites (tertiary alicyclic amines) is 1. The number of nitrogens with zero attached hydrogens (tertiary/aromatic N) is 5. The molecule has 3 amide bonds. The fourth-order valence-electron chi connectivity index (χ4n) is 7.02. The highest BCUT2D eigenvalue weighted by Crippen LogP contribution is 2.53. The minimum absolute atomic E-state index is 0.0741. The summed E-state index contributed by atoms with van der Waals surface area (Å²) in [5.41, 5.74) is -7.03. The van der Waals surface area contributed by atoms with Crippen LogP contribution in [0.5, 0.6) is 0 Å². The Bertz CT molecular complexity index is 2080. The van der Waals surface area contributed by atoms with Crippen LogP contribution in [0.25, 0.3) is 11.1 Å². The first-order valence-corrected chi connectivity index (χ1v) is 18.3. The maximum Gasteiger partial charge on any atom is 0.430 e. The van der Waals surface area contributed by atoms with Crippen LogP contribution in [0.2, 0.25) is 0 Å². The lowest BCUT2D eigenvalue weighted by Crippen LogP contribution is -2.55. The Labute approximate surface area is 317 Å². The molecule has 3 atom stereocenters. The van der Waals surface area contributed by atoms with Crippen molar-refractivity contribution >= 4 is 22.7 Å². The molecule has 0 spiro atoms. The molecule has 300 valence electrons. The minimum Gasteiger partial charge on any atom is -0.349 e. The third-order valence-electron chi connectivity index (χ3n) is 10.0. The van der Waals surface area contributed by atoms with E-state index in [2.05, 4.69) is 9.84 Å². The van der Waals surface area contributed by atoms with E-state index in [1.54, 1.807) is 11.9 Å². The summed E-state index contributed by atoms with van der Waals surface area (Å²) in [7, 11) is -0.406. The SMILES string of the molecule is CC(=O)N1CCN(C(=O)N2CC(c3ccc(C(OCc4c(F)cccc4F)(C(F)(F)F)C(F)(F)F)cc3)[C@H](S(=O)c3ccc(F)c(-c4cnn(C)c4)c3)C2)CC1. The van der Waals surface area contributed by atoms with Crippen molar-refractivity contribution in [2.45, 2.75) is 47.5 Å². The molecular weight excluding hydrogens is 781 g/mol. The molecule has 0 saturated carbocycles. The van der Waals surface area contributed by atoms with Gasteiger partial charge in [-0.25, -0.2) is 18.0 Å². The van der Waals surface area contributed by atoms with Crippen molar-refractivity contribution in [3.8, 4) is 11.1 Å². The van der Waals surface area contributed by atoms with Crippen LogP contribution in [-0.2, 0) is 39.6 Å². The Balaban J connectivity index is 1.36. The quantitative estimate of drug-likeness (QED) is 0.181. The van der Waals surface area contributed by atoms with Crippen molar-refractivity contribution in [2.75, 3.05) is 39.3 Å². The lowest BCUT2D eigenvalue weighted by Gasteiger charge is -2.37. The van der Waals surface area contributed by atoms with Gasteiger partial charge in [-0.3, -0.25) is 13.7 Å². The number of amides is 3. The first kappa shape index (κ1) is 40.7. The van der Waals surface area contributed by atoms with Gasteiger partial charge in [-0.15, -0.1) is 0 Å². The highest BCUT2D eigenvalue weighted by molar-refractivity contribution is 7.85. The molecule has 0 radical (unpaired) electrons. The Morgan fingerprint density at radius 3 is 1.98 bits per heavy atom. The molecule has 19 heteroatoms. The molecule has 2 aliphatic heterocycles. The Morgan fingerprint density at radius 2 is 1.43 bits per heavy atom. The molecule has 0 aliphatic carbocycles. The van der Waals surface area contributed by atoms with Gasteiger partial charge in [0.1, 0.15) is 17.5 Å². The zero-order valence-corrected chi connectivity index (χ0v) is 30.5. The molecule has 0 bridgehead atoms. The molecule has 3 aromatic carbocycles. The number of hydrogen-bond acceptors (Lipinski definition) is 5.